The molecule has 152 valence electrons. The Balaban J connectivity index is 1.46. The minimum absolute atomic E-state index is 0.0306. The van der Waals surface area contributed by atoms with E-state index in [1.807, 2.05) is 67.4 Å². The number of rotatable bonds is 7. The maximum absolute atomic E-state index is 12.3. The summed E-state index contributed by atoms with van der Waals surface area (Å²) in [6.45, 7) is 3.04. The van der Waals surface area contributed by atoms with Gasteiger partial charge in [0.1, 0.15) is 16.5 Å². The van der Waals surface area contributed by atoms with Gasteiger partial charge in [-0.2, -0.15) is 0 Å². The first-order valence-electron chi connectivity index (χ1n) is 9.95. The van der Waals surface area contributed by atoms with Crippen LogP contribution in [0.5, 0.6) is 0 Å². The van der Waals surface area contributed by atoms with Gasteiger partial charge in [-0.1, -0.05) is 60.7 Å². The summed E-state index contributed by atoms with van der Waals surface area (Å²) in [6, 6.07) is 22.4. The van der Waals surface area contributed by atoms with Crippen LogP contribution in [0.25, 0.3) is 20.7 Å². The molecule has 0 saturated heterocycles. The van der Waals surface area contributed by atoms with Crippen molar-refractivity contribution in [3.8, 4) is 10.4 Å². The fourth-order valence-electron chi connectivity index (χ4n) is 3.31. The molecule has 6 heteroatoms. The Morgan fingerprint density at radius 2 is 1.73 bits per heavy atom. The van der Waals surface area contributed by atoms with E-state index in [1.54, 1.807) is 11.3 Å². The van der Waals surface area contributed by atoms with Gasteiger partial charge >= 0.3 is 0 Å². The summed E-state index contributed by atoms with van der Waals surface area (Å²) >= 11 is 1.67. The highest BCUT2D eigenvalue weighted by Crippen LogP contribution is 2.36. The minimum atomic E-state index is 0.0306. The molecule has 0 saturated carbocycles. The molecule has 0 bridgehead atoms. The third kappa shape index (κ3) is 4.66. The Bertz CT molecular complexity index is 1140. The van der Waals surface area contributed by atoms with Crippen LogP contribution in [0.2, 0.25) is 0 Å². The van der Waals surface area contributed by atoms with Crippen molar-refractivity contribution in [1.82, 2.24) is 15.3 Å². The Morgan fingerprint density at radius 1 is 1.03 bits per heavy atom. The van der Waals surface area contributed by atoms with Gasteiger partial charge in [-0.3, -0.25) is 4.79 Å². The molecule has 4 rings (SSSR count). The quantitative estimate of drug-likeness (QED) is 0.470. The van der Waals surface area contributed by atoms with Crippen molar-refractivity contribution in [2.75, 3.05) is 18.5 Å². The van der Waals surface area contributed by atoms with Crippen molar-refractivity contribution < 1.29 is 4.79 Å². The van der Waals surface area contributed by atoms with Crippen LogP contribution in [0.15, 0.2) is 66.7 Å². The summed E-state index contributed by atoms with van der Waals surface area (Å²) in [5.41, 5.74) is 2.27. The molecule has 0 aliphatic heterocycles. The summed E-state index contributed by atoms with van der Waals surface area (Å²) in [6.07, 6.45) is 0.406. The van der Waals surface area contributed by atoms with Crippen molar-refractivity contribution in [3.05, 3.63) is 78.1 Å². The van der Waals surface area contributed by atoms with E-state index in [-0.39, 0.29) is 5.91 Å². The van der Waals surface area contributed by atoms with Crippen molar-refractivity contribution in [3.63, 3.8) is 0 Å². The molecule has 0 fully saturated rings. The summed E-state index contributed by atoms with van der Waals surface area (Å²) in [4.78, 5) is 25.8. The molecule has 2 aromatic carbocycles. The molecule has 4 aromatic rings. The lowest BCUT2D eigenvalue weighted by Gasteiger charge is -2.19. The average molecular weight is 417 g/mol. The van der Waals surface area contributed by atoms with Crippen LogP contribution in [0.3, 0.4) is 0 Å². The number of thiophene rings is 1. The van der Waals surface area contributed by atoms with E-state index in [9.17, 15) is 4.79 Å². The molecule has 0 unspecified atom stereocenters. The maximum atomic E-state index is 12.3. The molecular formula is C24H24N4OS. The van der Waals surface area contributed by atoms with Crippen LogP contribution in [-0.4, -0.2) is 29.5 Å². The Morgan fingerprint density at radius 3 is 2.47 bits per heavy atom. The molecule has 0 aliphatic carbocycles. The number of nitrogens with one attached hydrogen (secondary N) is 1. The summed E-state index contributed by atoms with van der Waals surface area (Å²) in [7, 11) is 1.98. The molecule has 0 radical (unpaired) electrons. The lowest BCUT2D eigenvalue weighted by atomic mass is 10.2. The van der Waals surface area contributed by atoms with Crippen LogP contribution in [-0.2, 0) is 11.3 Å². The molecule has 2 heterocycles. The molecule has 0 spiro atoms. The Hall–Kier alpha value is -3.25. The largest absolute Gasteiger partial charge is 0.359 e. The SMILES string of the molecule is Cc1nc(N(C)CCC(=O)NCc2ccccc2)c2cc(-c3ccccc3)sc2n1. The standard InChI is InChI=1S/C24H24N4OS/c1-17-26-23(20-15-21(30-24(20)27-17)19-11-7-4-8-12-19)28(2)14-13-22(29)25-16-18-9-5-3-6-10-18/h3-12,15H,13-14,16H2,1-2H3,(H,25,29). The van der Waals surface area contributed by atoms with E-state index >= 15 is 0 Å². The van der Waals surface area contributed by atoms with Gasteiger partial charge in [0.2, 0.25) is 5.91 Å². The van der Waals surface area contributed by atoms with E-state index in [0.717, 1.165) is 27.4 Å². The van der Waals surface area contributed by atoms with Gasteiger partial charge < -0.3 is 10.2 Å². The number of carbonyl (C=O) groups is 1. The first-order valence-corrected chi connectivity index (χ1v) is 10.8. The van der Waals surface area contributed by atoms with Gasteiger partial charge in [0.05, 0.1) is 5.39 Å². The first kappa shape index (κ1) is 20.0. The average Bonchev–Trinajstić information content (AvgIpc) is 3.20. The zero-order valence-electron chi connectivity index (χ0n) is 17.1. The number of amides is 1. The molecule has 2 aromatic heterocycles. The van der Waals surface area contributed by atoms with E-state index < -0.39 is 0 Å². The number of hydrogen-bond donors (Lipinski definition) is 1. The number of fused-ring (bicyclic) bond motifs is 1. The van der Waals surface area contributed by atoms with Crippen LogP contribution in [0.1, 0.15) is 17.8 Å². The monoisotopic (exact) mass is 416 g/mol. The highest BCUT2D eigenvalue weighted by molar-refractivity contribution is 7.21. The van der Waals surface area contributed by atoms with Gasteiger partial charge in [-0.15, -0.1) is 11.3 Å². The lowest BCUT2D eigenvalue weighted by molar-refractivity contribution is -0.121. The van der Waals surface area contributed by atoms with Gasteiger partial charge in [0.25, 0.3) is 0 Å². The Kier molecular flexibility index (Phi) is 6.05. The minimum Gasteiger partial charge on any atom is -0.359 e. The van der Waals surface area contributed by atoms with Crippen molar-refractivity contribution in [2.24, 2.45) is 0 Å². The predicted octanol–water partition coefficient (Wildman–Crippen LogP) is 4.81. The summed E-state index contributed by atoms with van der Waals surface area (Å²) in [5, 5.41) is 4.01. The van der Waals surface area contributed by atoms with Crippen LogP contribution < -0.4 is 10.2 Å². The van der Waals surface area contributed by atoms with Crippen molar-refractivity contribution in [2.45, 2.75) is 19.9 Å². The van der Waals surface area contributed by atoms with E-state index in [2.05, 4.69) is 33.5 Å². The molecule has 5 nitrogen and oxygen atoms in total. The predicted molar refractivity (Wildman–Crippen MR) is 124 cm³/mol. The maximum Gasteiger partial charge on any atom is 0.222 e. The smallest absolute Gasteiger partial charge is 0.222 e. The second kappa shape index (κ2) is 9.05. The molecule has 0 aliphatic rings. The van der Waals surface area contributed by atoms with Crippen LogP contribution in [0, 0.1) is 6.92 Å². The summed E-state index contributed by atoms with van der Waals surface area (Å²) in [5.74, 6) is 1.63. The molecular weight excluding hydrogens is 392 g/mol. The number of anilines is 1. The molecule has 1 N–H and O–H groups in total. The van der Waals surface area contributed by atoms with E-state index in [0.29, 0.717) is 19.5 Å². The normalized spacial score (nSPS) is 10.9. The second-order valence-corrected chi connectivity index (χ2v) is 8.25. The zero-order valence-corrected chi connectivity index (χ0v) is 17.9. The van der Waals surface area contributed by atoms with Crippen molar-refractivity contribution in [1.29, 1.82) is 0 Å². The first-order chi connectivity index (χ1) is 14.6. The molecule has 1 amide bonds. The number of benzene rings is 2. The van der Waals surface area contributed by atoms with Crippen molar-refractivity contribution >= 4 is 33.3 Å². The topological polar surface area (TPSA) is 58.1 Å². The number of aromatic nitrogens is 2. The van der Waals surface area contributed by atoms with E-state index in [1.165, 1.54) is 10.4 Å². The van der Waals surface area contributed by atoms with Gasteiger partial charge in [0.15, 0.2) is 0 Å². The number of aryl methyl sites for hydroxylation is 1. The third-order valence-electron chi connectivity index (χ3n) is 4.91. The molecule has 0 atom stereocenters. The van der Waals surface area contributed by atoms with Gasteiger partial charge in [-0.25, -0.2) is 9.97 Å². The zero-order chi connectivity index (χ0) is 20.9. The van der Waals surface area contributed by atoms with Gasteiger partial charge in [-0.05, 0) is 24.1 Å². The Labute approximate surface area is 180 Å². The summed E-state index contributed by atoms with van der Waals surface area (Å²) < 4.78 is 0. The van der Waals surface area contributed by atoms with E-state index in [4.69, 9.17) is 0 Å². The lowest BCUT2D eigenvalue weighted by Crippen LogP contribution is -2.29. The van der Waals surface area contributed by atoms with Crippen LogP contribution >= 0.6 is 11.3 Å². The number of hydrogen-bond acceptors (Lipinski definition) is 5. The third-order valence-corrected chi connectivity index (χ3v) is 5.99. The highest BCUT2D eigenvalue weighted by atomic mass is 32.1. The highest BCUT2D eigenvalue weighted by Gasteiger charge is 2.15. The number of carbonyl (C=O) groups excluding carboxylic acids is 1. The second-order valence-electron chi connectivity index (χ2n) is 7.22. The van der Waals surface area contributed by atoms with Gasteiger partial charge in [0, 0.05) is 31.4 Å². The molecule has 30 heavy (non-hydrogen) atoms. The van der Waals surface area contributed by atoms with Crippen LogP contribution in [0.4, 0.5) is 5.82 Å². The fraction of sp³-hybridized carbons (Fsp3) is 0.208. The fourth-order valence-corrected chi connectivity index (χ4v) is 4.38. The number of nitrogens with zero attached hydrogens (tertiary/aromatic N) is 3.